The van der Waals surface area contributed by atoms with Crippen molar-refractivity contribution in [1.82, 2.24) is 20.1 Å². The summed E-state index contributed by atoms with van der Waals surface area (Å²) >= 11 is 1.40. The normalized spacial score (nSPS) is 17.8. The number of aryl methyl sites for hydroxylation is 2. The maximum atomic E-state index is 12.1. The lowest BCUT2D eigenvalue weighted by Gasteiger charge is -2.20. The molecule has 114 valence electrons. The highest BCUT2D eigenvalue weighted by atomic mass is 32.2. The van der Waals surface area contributed by atoms with Crippen LogP contribution in [0.3, 0.4) is 0 Å². The summed E-state index contributed by atoms with van der Waals surface area (Å²) in [5, 5.41) is 19.5. The summed E-state index contributed by atoms with van der Waals surface area (Å²) < 4.78 is 0. The van der Waals surface area contributed by atoms with Crippen LogP contribution in [0.1, 0.15) is 25.2 Å². The van der Waals surface area contributed by atoms with Crippen LogP contribution in [0.2, 0.25) is 0 Å². The predicted molar refractivity (Wildman–Crippen MR) is 78.2 cm³/mol. The number of rotatable bonds is 4. The molecule has 0 spiro atoms. The lowest BCUT2D eigenvalue weighted by Crippen LogP contribution is -2.44. The number of thioether (sulfide) groups is 1. The molecule has 8 nitrogen and oxygen atoms in total. The molecule has 0 bridgehead atoms. The Bertz CT molecular complexity index is 554. The number of anilines is 1. The van der Waals surface area contributed by atoms with E-state index < -0.39 is 18.0 Å². The molecule has 1 aliphatic rings. The van der Waals surface area contributed by atoms with Crippen LogP contribution in [0.4, 0.5) is 10.7 Å². The molecule has 2 amide bonds. The molecule has 1 atom stereocenters. The van der Waals surface area contributed by atoms with Crippen molar-refractivity contribution in [2.45, 2.75) is 32.7 Å². The molecule has 21 heavy (non-hydrogen) atoms. The molecule has 1 aromatic rings. The lowest BCUT2D eigenvalue weighted by molar-refractivity contribution is -0.140. The van der Waals surface area contributed by atoms with E-state index in [2.05, 4.69) is 20.5 Å². The van der Waals surface area contributed by atoms with Gasteiger partial charge in [-0.25, -0.2) is 14.6 Å². The molecule has 2 N–H and O–H groups in total. The van der Waals surface area contributed by atoms with Crippen LogP contribution >= 0.6 is 11.8 Å². The first-order valence-electron chi connectivity index (χ1n) is 6.67. The van der Waals surface area contributed by atoms with Gasteiger partial charge in [0.2, 0.25) is 0 Å². The van der Waals surface area contributed by atoms with Gasteiger partial charge in [-0.3, -0.25) is 5.32 Å². The zero-order chi connectivity index (χ0) is 15.4. The van der Waals surface area contributed by atoms with Crippen LogP contribution in [-0.2, 0) is 17.6 Å². The highest BCUT2D eigenvalue weighted by Crippen LogP contribution is 2.21. The van der Waals surface area contributed by atoms with Gasteiger partial charge in [0.25, 0.3) is 5.95 Å². The molecule has 0 radical (unpaired) electrons. The minimum Gasteiger partial charge on any atom is -0.480 e. The van der Waals surface area contributed by atoms with Crippen LogP contribution in [0.5, 0.6) is 0 Å². The van der Waals surface area contributed by atoms with E-state index >= 15 is 0 Å². The lowest BCUT2D eigenvalue weighted by atomic mass is 10.2. The number of amides is 2. The largest absolute Gasteiger partial charge is 0.480 e. The maximum Gasteiger partial charge on any atom is 0.327 e. The van der Waals surface area contributed by atoms with E-state index in [4.69, 9.17) is 5.11 Å². The Morgan fingerprint density at radius 2 is 2.05 bits per heavy atom. The zero-order valence-electron chi connectivity index (χ0n) is 11.9. The minimum absolute atomic E-state index is 0.107. The monoisotopic (exact) mass is 311 g/mol. The molecule has 2 heterocycles. The van der Waals surface area contributed by atoms with Crippen LogP contribution < -0.4 is 5.32 Å². The van der Waals surface area contributed by atoms with E-state index in [0.717, 1.165) is 17.8 Å². The van der Waals surface area contributed by atoms with Crippen molar-refractivity contribution in [2.75, 3.05) is 16.9 Å². The van der Waals surface area contributed by atoms with Gasteiger partial charge in [-0.15, -0.1) is 22.0 Å². The number of aromatic nitrogens is 3. The predicted octanol–water partition coefficient (Wildman–Crippen LogP) is 0.988. The first-order valence-corrected chi connectivity index (χ1v) is 7.82. The summed E-state index contributed by atoms with van der Waals surface area (Å²) in [6, 6.07) is -1.33. The van der Waals surface area contributed by atoms with Crippen molar-refractivity contribution in [3.63, 3.8) is 0 Å². The molecular formula is C12H17N5O3S. The van der Waals surface area contributed by atoms with Gasteiger partial charge in [0.15, 0.2) is 0 Å². The van der Waals surface area contributed by atoms with Crippen LogP contribution in [0.15, 0.2) is 0 Å². The number of nitrogens with zero attached hydrogens (tertiary/aromatic N) is 4. The first kappa shape index (κ1) is 15.5. The van der Waals surface area contributed by atoms with Gasteiger partial charge >= 0.3 is 12.0 Å². The number of carboxylic acids is 1. The van der Waals surface area contributed by atoms with Crippen molar-refractivity contribution in [1.29, 1.82) is 0 Å². The summed E-state index contributed by atoms with van der Waals surface area (Å²) in [6.07, 6.45) is 1.42. The van der Waals surface area contributed by atoms with Crippen LogP contribution in [-0.4, -0.2) is 54.9 Å². The number of hydrogen-bond acceptors (Lipinski definition) is 6. The number of hydrogen-bond donors (Lipinski definition) is 2. The number of nitrogens with one attached hydrogen (secondary N) is 1. The standard InChI is InChI=1S/C12H17N5O3S/c1-3-7-8(4-2)15-16-11(13-7)14-12(20)17-6-21-5-9(17)10(18)19/h9H,3-6H2,1-2H3,(H,18,19)(H,13,14,16,20). The van der Waals surface area contributed by atoms with Crippen LogP contribution in [0.25, 0.3) is 0 Å². The molecule has 9 heteroatoms. The SMILES string of the molecule is CCc1nnc(NC(=O)N2CSCC2C(=O)O)nc1CC. The Morgan fingerprint density at radius 3 is 2.67 bits per heavy atom. The quantitative estimate of drug-likeness (QED) is 0.853. The summed E-state index contributed by atoms with van der Waals surface area (Å²) in [6.45, 7) is 3.91. The zero-order valence-corrected chi connectivity index (χ0v) is 12.7. The number of urea groups is 1. The highest BCUT2D eigenvalue weighted by Gasteiger charge is 2.34. The smallest absolute Gasteiger partial charge is 0.327 e. The Morgan fingerprint density at radius 1 is 1.33 bits per heavy atom. The van der Waals surface area contributed by atoms with Gasteiger partial charge in [-0.05, 0) is 12.8 Å². The fourth-order valence-corrected chi connectivity index (χ4v) is 3.15. The fraction of sp³-hybridized carbons (Fsp3) is 0.583. The second-order valence-electron chi connectivity index (χ2n) is 4.49. The Hall–Kier alpha value is -1.90. The van der Waals surface area contributed by atoms with E-state index in [1.165, 1.54) is 16.7 Å². The summed E-state index contributed by atoms with van der Waals surface area (Å²) in [5.41, 5.74) is 1.59. The Balaban J connectivity index is 2.11. The fourth-order valence-electron chi connectivity index (χ4n) is 2.01. The van der Waals surface area contributed by atoms with Gasteiger partial charge in [-0.1, -0.05) is 13.8 Å². The summed E-state index contributed by atoms with van der Waals surface area (Å²) in [7, 11) is 0. The van der Waals surface area contributed by atoms with E-state index in [9.17, 15) is 9.59 Å². The third-order valence-corrected chi connectivity index (χ3v) is 4.17. The molecule has 0 aliphatic carbocycles. The topological polar surface area (TPSA) is 108 Å². The molecule has 0 aromatic carbocycles. The average molecular weight is 311 g/mol. The van der Waals surface area contributed by atoms with Gasteiger partial charge in [-0.2, -0.15) is 0 Å². The number of carbonyl (C=O) groups is 2. The van der Waals surface area contributed by atoms with Gasteiger partial charge < -0.3 is 10.0 Å². The van der Waals surface area contributed by atoms with E-state index in [0.29, 0.717) is 18.1 Å². The molecule has 1 saturated heterocycles. The summed E-state index contributed by atoms with van der Waals surface area (Å²) in [4.78, 5) is 28.7. The van der Waals surface area contributed by atoms with Crippen molar-refractivity contribution in [3.05, 3.63) is 11.4 Å². The minimum atomic E-state index is -1.01. The number of aliphatic carboxylic acids is 1. The molecule has 1 unspecified atom stereocenters. The van der Waals surface area contributed by atoms with Gasteiger partial charge in [0.1, 0.15) is 6.04 Å². The molecule has 2 rings (SSSR count). The van der Waals surface area contributed by atoms with Gasteiger partial charge in [0.05, 0.1) is 17.3 Å². The summed E-state index contributed by atoms with van der Waals surface area (Å²) in [5.74, 6) is -0.180. The van der Waals surface area contributed by atoms with Crippen molar-refractivity contribution >= 4 is 29.7 Å². The third-order valence-electron chi connectivity index (χ3n) is 3.16. The molecule has 0 saturated carbocycles. The Kier molecular flexibility index (Phi) is 4.94. The Labute approximate surface area is 126 Å². The molecular weight excluding hydrogens is 294 g/mol. The molecule has 1 aromatic heterocycles. The molecule has 1 aliphatic heterocycles. The van der Waals surface area contributed by atoms with Gasteiger partial charge in [0, 0.05) is 5.75 Å². The third kappa shape index (κ3) is 3.41. The van der Waals surface area contributed by atoms with Crippen molar-refractivity contribution in [2.24, 2.45) is 0 Å². The first-order chi connectivity index (χ1) is 10.1. The van der Waals surface area contributed by atoms with Crippen molar-refractivity contribution in [3.8, 4) is 0 Å². The highest BCUT2D eigenvalue weighted by molar-refractivity contribution is 7.99. The maximum absolute atomic E-state index is 12.1. The second-order valence-corrected chi connectivity index (χ2v) is 5.49. The average Bonchev–Trinajstić information content (AvgIpc) is 2.96. The molecule has 1 fully saturated rings. The number of carbonyl (C=O) groups excluding carboxylic acids is 1. The second kappa shape index (κ2) is 6.70. The van der Waals surface area contributed by atoms with Crippen molar-refractivity contribution < 1.29 is 14.7 Å². The van der Waals surface area contributed by atoms with E-state index in [1.807, 2.05) is 13.8 Å². The van der Waals surface area contributed by atoms with E-state index in [1.54, 1.807) is 0 Å². The number of carboxylic acid groups (broad SMARTS) is 1. The van der Waals surface area contributed by atoms with Crippen LogP contribution in [0, 0.1) is 0 Å². The van der Waals surface area contributed by atoms with E-state index in [-0.39, 0.29) is 5.95 Å².